The maximum absolute atomic E-state index is 12.1. The van der Waals surface area contributed by atoms with Crippen molar-refractivity contribution in [2.75, 3.05) is 0 Å². The third-order valence-corrected chi connectivity index (χ3v) is 3.52. The van der Waals surface area contributed by atoms with Crippen LogP contribution < -0.4 is 0 Å². The Morgan fingerprint density at radius 3 is 2.70 bits per heavy atom. The van der Waals surface area contributed by atoms with Gasteiger partial charge < -0.3 is 9.63 Å². The highest BCUT2D eigenvalue weighted by atomic mass is 19.4. The van der Waals surface area contributed by atoms with E-state index in [2.05, 4.69) is 10.1 Å². The summed E-state index contributed by atoms with van der Waals surface area (Å²) in [5.41, 5.74) is 0. The minimum atomic E-state index is -4.27. The lowest BCUT2D eigenvalue weighted by Crippen LogP contribution is -2.25. The number of nitrogens with zero attached hydrogens (tertiary/aromatic N) is 2. The molecule has 2 atom stereocenters. The molecule has 1 aromatic heterocycles. The minimum absolute atomic E-state index is 0.0213. The molecule has 0 radical (unpaired) electrons. The molecule has 0 saturated heterocycles. The maximum atomic E-state index is 12.1. The van der Waals surface area contributed by atoms with Crippen LogP contribution in [0, 0.1) is 5.92 Å². The van der Waals surface area contributed by atoms with Crippen molar-refractivity contribution in [3.8, 4) is 0 Å². The lowest BCUT2D eigenvalue weighted by atomic mass is 9.79. The normalized spacial score (nSPS) is 23.8. The Bertz CT molecular complexity index is 473. The Balaban J connectivity index is 2.05. The molecular weight excluding hydrogens is 277 g/mol. The summed E-state index contributed by atoms with van der Waals surface area (Å²) in [6.45, 7) is 0. The number of hydrogen-bond donors (Lipinski definition) is 1. The van der Waals surface area contributed by atoms with Crippen LogP contribution in [0.2, 0.25) is 0 Å². The van der Waals surface area contributed by atoms with Crippen molar-refractivity contribution in [1.29, 1.82) is 0 Å². The zero-order valence-corrected chi connectivity index (χ0v) is 10.7. The van der Waals surface area contributed by atoms with Gasteiger partial charge in [-0.3, -0.25) is 4.79 Å². The fourth-order valence-corrected chi connectivity index (χ4v) is 2.50. The molecule has 0 bridgehead atoms. The van der Waals surface area contributed by atoms with Crippen molar-refractivity contribution in [3.05, 3.63) is 11.7 Å². The second-order valence-corrected chi connectivity index (χ2v) is 5.00. The highest BCUT2D eigenvalue weighted by Crippen LogP contribution is 2.37. The standard InChI is InChI=1S/C12H15F3N2O3/c13-12(14,15)6-5-9-16-10(20-17-9)7-3-1-2-4-8(7)11(18)19/h7-8H,1-6H2,(H,18,19). The molecule has 1 heterocycles. The van der Waals surface area contributed by atoms with Crippen molar-refractivity contribution in [1.82, 2.24) is 10.1 Å². The SMILES string of the molecule is O=C(O)C1CCCCC1c1nc(CCC(F)(F)F)no1. The second kappa shape index (κ2) is 5.80. The number of rotatable bonds is 4. The third-order valence-electron chi connectivity index (χ3n) is 3.52. The first-order chi connectivity index (χ1) is 9.37. The van der Waals surface area contributed by atoms with Gasteiger partial charge in [-0.1, -0.05) is 18.0 Å². The van der Waals surface area contributed by atoms with Gasteiger partial charge in [0.1, 0.15) is 0 Å². The topological polar surface area (TPSA) is 76.2 Å². The predicted octanol–water partition coefficient (Wildman–Crippen LogP) is 2.92. The summed E-state index contributed by atoms with van der Waals surface area (Å²) >= 11 is 0. The van der Waals surface area contributed by atoms with Gasteiger partial charge in [-0.15, -0.1) is 0 Å². The average Bonchev–Trinajstić information content (AvgIpc) is 2.84. The molecule has 8 heteroatoms. The summed E-state index contributed by atoms with van der Waals surface area (Å²) in [6.07, 6.45) is -2.82. The number of hydrogen-bond acceptors (Lipinski definition) is 4. The van der Waals surface area contributed by atoms with Gasteiger partial charge in [0.2, 0.25) is 5.89 Å². The monoisotopic (exact) mass is 292 g/mol. The molecule has 0 spiro atoms. The zero-order valence-electron chi connectivity index (χ0n) is 10.7. The highest BCUT2D eigenvalue weighted by molar-refractivity contribution is 5.71. The van der Waals surface area contributed by atoms with Gasteiger partial charge >= 0.3 is 12.1 Å². The number of carboxylic acids is 1. The van der Waals surface area contributed by atoms with Crippen LogP contribution in [0.4, 0.5) is 13.2 Å². The van der Waals surface area contributed by atoms with Crippen molar-refractivity contribution >= 4 is 5.97 Å². The molecule has 1 fully saturated rings. The van der Waals surface area contributed by atoms with E-state index in [-0.39, 0.29) is 18.1 Å². The van der Waals surface area contributed by atoms with Crippen molar-refractivity contribution in [2.45, 2.75) is 50.6 Å². The van der Waals surface area contributed by atoms with E-state index in [0.717, 1.165) is 12.8 Å². The maximum Gasteiger partial charge on any atom is 0.389 e. The molecule has 1 N–H and O–H groups in total. The quantitative estimate of drug-likeness (QED) is 0.923. The van der Waals surface area contributed by atoms with Gasteiger partial charge in [-0.05, 0) is 12.8 Å². The number of aliphatic carboxylic acids is 1. The first kappa shape index (κ1) is 14.8. The number of carboxylic acid groups (broad SMARTS) is 1. The van der Waals surface area contributed by atoms with Gasteiger partial charge in [0.05, 0.1) is 18.3 Å². The van der Waals surface area contributed by atoms with Crippen molar-refractivity contribution in [3.63, 3.8) is 0 Å². The van der Waals surface area contributed by atoms with Gasteiger partial charge in [0, 0.05) is 6.42 Å². The Hall–Kier alpha value is -1.60. The molecule has 0 amide bonds. The van der Waals surface area contributed by atoms with Crippen LogP contribution in [0.15, 0.2) is 4.52 Å². The summed E-state index contributed by atoms with van der Waals surface area (Å²) in [5.74, 6) is -1.79. The lowest BCUT2D eigenvalue weighted by Gasteiger charge is -2.25. The molecule has 0 aliphatic heterocycles. The molecule has 5 nitrogen and oxygen atoms in total. The molecule has 2 rings (SSSR count). The summed E-state index contributed by atoms with van der Waals surface area (Å²) in [6, 6.07) is 0. The fourth-order valence-electron chi connectivity index (χ4n) is 2.50. The molecule has 112 valence electrons. The van der Waals surface area contributed by atoms with Gasteiger partial charge in [0.15, 0.2) is 5.82 Å². The van der Waals surface area contributed by atoms with Crippen LogP contribution in [0.25, 0.3) is 0 Å². The molecule has 1 aliphatic carbocycles. The van der Waals surface area contributed by atoms with Gasteiger partial charge in [-0.25, -0.2) is 0 Å². The van der Waals surface area contributed by atoms with E-state index >= 15 is 0 Å². The first-order valence-electron chi connectivity index (χ1n) is 6.49. The zero-order chi connectivity index (χ0) is 14.8. The summed E-state index contributed by atoms with van der Waals surface area (Å²) in [7, 11) is 0. The largest absolute Gasteiger partial charge is 0.481 e. The molecule has 2 unspecified atom stereocenters. The molecule has 1 aliphatic rings. The van der Waals surface area contributed by atoms with Crippen LogP contribution >= 0.6 is 0 Å². The van der Waals surface area contributed by atoms with Gasteiger partial charge in [-0.2, -0.15) is 18.2 Å². The summed E-state index contributed by atoms with van der Waals surface area (Å²) < 4.78 is 41.3. The summed E-state index contributed by atoms with van der Waals surface area (Å²) in [4.78, 5) is 15.1. The van der Waals surface area contributed by atoms with Crippen molar-refractivity contribution in [2.24, 2.45) is 5.92 Å². The smallest absolute Gasteiger partial charge is 0.389 e. The lowest BCUT2D eigenvalue weighted by molar-refractivity contribution is -0.143. The van der Waals surface area contributed by atoms with E-state index in [9.17, 15) is 18.0 Å². The molecule has 0 aromatic carbocycles. The number of aromatic nitrogens is 2. The van der Waals surface area contributed by atoms with Crippen LogP contribution in [-0.4, -0.2) is 27.4 Å². The molecule has 20 heavy (non-hydrogen) atoms. The fraction of sp³-hybridized carbons (Fsp3) is 0.750. The first-order valence-corrected chi connectivity index (χ1v) is 6.49. The van der Waals surface area contributed by atoms with E-state index in [1.807, 2.05) is 0 Å². The van der Waals surface area contributed by atoms with Crippen LogP contribution in [0.1, 0.15) is 49.7 Å². The Morgan fingerprint density at radius 1 is 1.35 bits per heavy atom. The Morgan fingerprint density at radius 2 is 2.05 bits per heavy atom. The summed E-state index contributed by atoms with van der Waals surface area (Å²) in [5, 5.41) is 12.7. The van der Waals surface area contributed by atoms with E-state index < -0.39 is 30.4 Å². The van der Waals surface area contributed by atoms with Crippen molar-refractivity contribution < 1.29 is 27.6 Å². The van der Waals surface area contributed by atoms with Crippen LogP contribution in [-0.2, 0) is 11.2 Å². The number of halogens is 3. The Labute approximate surface area is 113 Å². The van der Waals surface area contributed by atoms with E-state index in [0.29, 0.717) is 12.8 Å². The number of carbonyl (C=O) groups is 1. The van der Waals surface area contributed by atoms with Gasteiger partial charge in [0.25, 0.3) is 0 Å². The molecule has 1 aromatic rings. The number of aryl methyl sites for hydroxylation is 1. The third kappa shape index (κ3) is 3.71. The second-order valence-electron chi connectivity index (χ2n) is 5.00. The highest BCUT2D eigenvalue weighted by Gasteiger charge is 2.36. The number of alkyl halides is 3. The molecule has 1 saturated carbocycles. The van der Waals surface area contributed by atoms with Crippen LogP contribution in [0.3, 0.4) is 0 Å². The Kier molecular flexibility index (Phi) is 4.29. The predicted molar refractivity (Wildman–Crippen MR) is 61.0 cm³/mol. The minimum Gasteiger partial charge on any atom is -0.481 e. The van der Waals surface area contributed by atoms with E-state index in [1.54, 1.807) is 0 Å². The van der Waals surface area contributed by atoms with E-state index in [1.165, 1.54) is 0 Å². The average molecular weight is 292 g/mol. The molecular formula is C12H15F3N2O3. The van der Waals surface area contributed by atoms with E-state index in [4.69, 9.17) is 9.63 Å². The van der Waals surface area contributed by atoms with Crippen LogP contribution in [0.5, 0.6) is 0 Å².